The summed E-state index contributed by atoms with van der Waals surface area (Å²) in [5.74, 6) is -0.359. The molecule has 0 N–H and O–H groups in total. The van der Waals surface area contributed by atoms with Gasteiger partial charge in [-0.3, -0.25) is 9.59 Å². The first-order valence-corrected chi connectivity index (χ1v) is 16.5. The van der Waals surface area contributed by atoms with Gasteiger partial charge in [-0.25, -0.2) is 0 Å². The molecule has 0 saturated heterocycles. The Morgan fingerprint density at radius 3 is 1.50 bits per heavy atom. The quantitative estimate of drug-likeness (QED) is 0.0968. The van der Waals surface area contributed by atoms with Crippen molar-refractivity contribution in [2.45, 2.75) is 64.7 Å². The molecule has 0 radical (unpaired) electrons. The van der Waals surface area contributed by atoms with Crippen molar-refractivity contribution in [3.8, 4) is 0 Å². The highest BCUT2D eigenvalue weighted by Gasteiger charge is 2.60. The van der Waals surface area contributed by atoms with Gasteiger partial charge in [-0.15, -0.1) is 4.67 Å². The molecule has 0 spiro atoms. The van der Waals surface area contributed by atoms with Crippen LogP contribution in [0, 0.1) is 0 Å². The Balaban J connectivity index is 1.53. The van der Waals surface area contributed by atoms with Crippen molar-refractivity contribution in [3.05, 3.63) is 126 Å². The van der Waals surface area contributed by atoms with E-state index in [1.807, 2.05) is 72.8 Å². The van der Waals surface area contributed by atoms with Crippen molar-refractivity contribution in [2.75, 3.05) is 0 Å². The summed E-state index contributed by atoms with van der Waals surface area (Å²) >= 11 is 0. The van der Waals surface area contributed by atoms with Crippen LogP contribution >= 0.6 is 7.41 Å². The number of rotatable bonds is 13. The molecule has 4 heteroatoms. The fourth-order valence-electron chi connectivity index (χ4n) is 6.00. The van der Waals surface area contributed by atoms with E-state index in [1.165, 1.54) is 38.5 Å². The second-order valence-corrected chi connectivity index (χ2v) is 13.8. The third kappa shape index (κ3) is 5.40. The highest BCUT2D eigenvalue weighted by Crippen LogP contribution is 2.61. The Kier molecular flexibility index (Phi) is 9.24. The maximum absolute atomic E-state index is 14.6. The third-order valence-electron chi connectivity index (χ3n) is 7.97. The van der Waals surface area contributed by atoms with Crippen LogP contribution in [-0.4, -0.2) is 16.5 Å². The van der Waals surface area contributed by atoms with Crippen LogP contribution < -0.4 is 15.9 Å². The molecule has 0 bridgehead atoms. The van der Waals surface area contributed by atoms with Crippen LogP contribution in [0.15, 0.2) is 109 Å². The summed E-state index contributed by atoms with van der Waals surface area (Å²) in [4.78, 5) is 28.9. The minimum atomic E-state index is -2.83. The Labute approximate surface area is 239 Å². The lowest BCUT2D eigenvalue weighted by atomic mass is 9.97. The maximum atomic E-state index is 14.6. The van der Waals surface area contributed by atoms with Gasteiger partial charge in [-0.05, 0) is 60.9 Å². The van der Waals surface area contributed by atoms with Crippen LogP contribution in [0.2, 0.25) is 0 Å². The first-order valence-electron chi connectivity index (χ1n) is 14.8. The molecular weight excluding hydrogens is 509 g/mol. The number of unbranched alkanes of at least 4 members (excludes halogenated alkanes) is 7. The third-order valence-corrected chi connectivity index (χ3v) is 12.1. The number of hydrogen-bond acceptors (Lipinski definition) is 2. The molecular formula is C36H39NO2P+. The number of amides is 2. The Morgan fingerprint density at radius 2 is 1.00 bits per heavy atom. The van der Waals surface area contributed by atoms with Gasteiger partial charge in [0.2, 0.25) is 7.41 Å². The van der Waals surface area contributed by atoms with Crippen molar-refractivity contribution in [2.24, 2.45) is 0 Å². The molecule has 4 aromatic carbocycles. The predicted molar refractivity (Wildman–Crippen MR) is 168 cm³/mol. The number of carbonyl (C=O) groups excluding carboxylic acids is 2. The van der Waals surface area contributed by atoms with Crippen LogP contribution in [0.5, 0.6) is 0 Å². The summed E-state index contributed by atoms with van der Waals surface area (Å²) in [5.41, 5.74) is 2.13. The summed E-state index contributed by atoms with van der Waals surface area (Å²) in [5, 5.41) is 2.98. The van der Waals surface area contributed by atoms with E-state index in [4.69, 9.17) is 0 Å². The topological polar surface area (TPSA) is 37.4 Å². The highest BCUT2D eigenvalue weighted by atomic mass is 31.2. The zero-order chi connectivity index (χ0) is 27.8. The first-order chi connectivity index (χ1) is 19.7. The van der Waals surface area contributed by atoms with Gasteiger partial charge in [-0.1, -0.05) is 119 Å². The van der Waals surface area contributed by atoms with Gasteiger partial charge in [0, 0.05) is 0 Å². The van der Waals surface area contributed by atoms with Gasteiger partial charge in [0.1, 0.15) is 15.9 Å². The van der Waals surface area contributed by atoms with Gasteiger partial charge in [0.25, 0.3) is 11.8 Å². The van der Waals surface area contributed by atoms with Gasteiger partial charge in [-0.2, -0.15) is 0 Å². The number of benzene rings is 4. The smallest absolute Gasteiger partial charge is 0.265 e. The van der Waals surface area contributed by atoms with Crippen LogP contribution in [0.4, 0.5) is 0 Å². The normalized spacial score (nSPS) is 13.1. The van der Waals surface area contributed by atoms with E-state index in [2.05, 4.69) is 43.3 Å². The molecule has 1 heterocycles. The van der Waals surface area contributed by atoms with Crippen molar-refractivity contribution in [1.82, 2.24) is 4.67 Å². The van der Waals surface area contributed by atoms with Gasteiger partial charge >= 0.3 is 0 Å². The molecule has 40 heavy (non-hydrogen) atoms. The standard InChI is InChI=1S/C36H39NO2P/c1-2-3-4-5-6-7-8-12-20-29-21-19-28-33-34(29)36(39)37(35(33)38)40(30-22-13-9-14-23-30,31-24-15-10-16-25-31)32-26-17-11-18-27-32/h9-11,13-19,21-28H,2-8,12,20H2,1H3/q+1. The lowest BCUT2D eigenvalue weighted by Gasteiger charge is -2.32. The molecule has 0 aliphatic carbocycles. The Bertz CT molecular complexity index is 1320. The second-order valence-electron chi connectivity index (χ2n) is 10.6. The van der Waals surface area contributed by atoms with Crippen LogP contribution in [-0.2, 0) is 6.42 Å². The van der Waals surface area contributed by atoms with E-state index in [1.54, 1.807) is 4.67 Å². The maximum Gasteiger partial charge on any atom is 0.294 e. The molecule has 0 saturated carbocycles. The summed E-state index contributed by atoms with van der Waals surface area (Å²) in [6, 6.07) is 36.2. The average Bonchev–Trinajstić information content (AvgIpc) is 3.27. The number of nitrogens with zero attached hydrogens (tertiary/aromatic N) is 1. The largest absolute Gasteiger partial charge is 0.294 e. The van der Waals surface area contributed by atoms with E-state index in [0.29, 0.717) is 11.1 Å². The average molecular weight is 549 g/mol. The Morgan fingerprint density at radius 1 is 0.525 bits per heavy atom. The summed E-state index contributed by atoms with van der Waals surface area (Å²) in [7, 11) is -2.83. The number of fused-ring (bicyclic) bond motifs is 1. The lowest BCUT2D eigenvalue weighted by Crippen LogP contribution is -2.46. The van der Waals surface area contributed by atoms with E-state index < -0.39 is 7.41 Å². The van der Waals surface area contributed by atoms with Crippen LogP contribution in [0.1, 0.15) is 84.6 Å². The van der Waals surface area contributed by atoms with Gasteiger partial charge in [0.15, 0.2) is 0 Å². The number of carbonyl (C=O) groups is 2. The first kappa shape index (κ1) is 28.0. The minimum absolute atomic E-state index is 0.167. The molecule has 0 fully saturated rings. The van der Waals surface area contributed by atoms with Crippen molar-refractivity contribution >= 4 is 35.1 Å². The number of imide groups is 1. The SMILES string of the molecule is CCCCCCCCCCc1cccc2c1C(=O)N([P+](c1ccccc1)(c1ccccc1)c1ccccc1)C2=O. The molecule has 3 nitrogen and oxygen atoms in total. The number of aryl methyl sites for hydroxylation is 1. The molecule has 1 aliphatic rings. The van der Waals surface area contributed by atoms with Crippen molar-refractivity contribution < 1.29 is 9.59 Å². The molecule has 0 atom stereocenters. The highest BCUT2D eigenvalue weighted by molar-refractivity contribution is 7.94. The molecule has 5 rings (SSSR count). The van der Waals surface area contributed by atoms with Gasteiger partial charge < -0.3 is 0 Å². The van der Waals surface area contributed by atoms with E-state index in [-0.39, 0.29) is 11.8 Å². The van der Waals surface area contributed by atoms with Crippen LogP contribution in [0.25, 0.3) is 0 Å². The fraction of sp³-hybridized carbons (Fsp3) is 0.278. The van der Waals surface area contributed by atoms with Crippen molar-refractivity contribution in [1.29, 1.82) is 0 Å². The lowest BCUT2D eigenvalue weighted by molar-refractivity contribution is 0.0769. The molecule has 204 valence electrons. The van der Waals surface area contributed by atoms with Gasteiger partial charge in [0.05, 0.1) is 11.1 Å². The molecule has 2 amide bonds. The molecule has 0 aromatic heterocycles. The Hall–Kier alpha value is -3.55. The summed E-state index contributed by atoms with van der Waals surface area (Å²) in [6.45, 7) is 2.25. The van der Waals surface area contributed by atoms with E-state index in [0.717, 1.165) is 40.7 Å². The minimum Gasteiger partial charge on any atom is -0.265 e. The molecule has 4 aromatic rings. The molecule has 0 unspecified atom stereocenters. The van der Waals surface area contributed by atoms with Crippen molar-refractivity contribution in [3.63, 3.8) is 0 Å². The van der Waals surface area contributed by atoms with Crippen LogP contribution in [0.3, 0.4) is 0 Å². The summed E-state index contributed by atoms with van der Waals surface area (Å²) < 4.78 is 1.63. The van der Waals surface area contributed by atoms with E-state index in [9.17, 15) is 9.59 Å². The monoisotopic (exact) mass is 548 g/mol. The molecule has 1 aliphatic heterocycles. The predicted octanol–water partition coefficient (Wildman–Crippen LogP) is 7.87. The summed E-state index contributed by atoms with van der Waals surface area (Å²) in [6.07, 6.45) is 10.7. The number of hydrogen-bond donors (Lipinski definition) is 0. The second kappa shape index (κ2) is 13.2. The van der Waals surface area contributed by atoms with E-state index >= 15 is 0 Å². The zero-order valence-electron chi connectivity index (χ0n) is 23.5. The fourth-order valence-corrected chi connectivity index (χ4v) is 10.1. The zero-order valence-corrected chi connectivity index (χ0v) is 24.4.